The average Bonchev–Trinajstić information content (AvgIpc) is 2.45. The van der Waals surface area contributed by atoms with Crippen molar-refractivity contribution in [2.24, 2.45) is 0 Å². The van der Waals surface area contributed by atoms with E-state index in [1.54, 1.807) is 24.4 Å². The van der Waals surface area contributed by atoms with Crippen LogP contribution in [0.4, 0.5) is 5.69 Å². The van der Waals surface area contributed by atoms with Gasteiger partial charge in [0.1, 0.15) is 6.61 Å². The molecule has 0 radical (unpaired) electrons. The smallest absolute Gasteiger partial charge is 0.311 e. The third kappa shape index (κ3) is 3.45. The molecule has 0 unspecified atom stereocenters. The second-order valence-corrected chi connectivity index (χ2v) is 4.60. The van der Waals surface area contributed by atoms with Gasteiger partial charge in [-0.3, -0.25) is 15.1 Å². The van der Waals surface area contributed by atoms with E-state index in [4.69, 9.17) is 16.3 Å². The van der Waals surface area contributed by atoms with Gasteiger partial charge >= 0.3 is 5.69 Å². The van der Waals surface area contributed by atoms with Crippen molar-refractivity contribution in [3.05, 3.63) is 62.9 Å². The zero-order valence-electron chi connectivity index (χ0n) is 10.9. The summed E-state index contributed by atoms with van der Waals surface area (Å²) in [7, 11) is 0. The number of pyridine rings is 1. The zero-order chi connectivity index (χ0) is 14.5. The van der Waals surface area contributed by atoms with E-state index in [2.05, 4.69) is 4.98 Å². The van der Waals surface area contributed by atoms with Crippen molar-refractivity contribution < 1.29 is 9.66 Å². The number of hydrogen-bond acceptors (Lipinski definition) is 4. The van der Waals surface area contributed by atoms with Gasteiger partial charge in [0.05, 0.1) is 10.6 Å². The van der Waals surface area contributed by atoms with E-state index in [0.29, 0.717) is 10.7 Å². The van der Waals surface area contributed by atoms with Crippen molar-refractivity contribution in [3.8, 4) is 5.75 Å². The molecule has 0 aliphatic rings. The highest BCUT2D eigenvalue weighted by Gasteiger charge is 2.15. The molecule has 20 heavy (non-hydrogen) atoms. The molecule has 0 atom stereocenters. The second kappa shape index (κ2) is 6.34. The number of aryl methyl sites for hydroxylation is 1. The fourth-order valence-corrected chi connectivity index (χ4v) is 1.91. The van der Waals surface area contributed by atoms with Crippen LogP contribution in [0.25, 0.3) is 0 Å². The largest absolute Gasteiger partial charge is 0.480 e. The van der Waals surface area contributed by atoms with Gasteiger partial charge in [-0.05, 0) is 30.2 Å². The lowest BCUT2D eigenvalue weighted by Gasteiger charge is -2.07. The highest BCUT2D eigenvalue weighted by Crippen LogP contribution is 2.28. The lowest BCUT2D eigenvalue weighted by Crippen LogP contribution is -2.01. The van der Waals surface area contributed by atoms with Crippen LogP contribution in [-0.4, -0.2) is 9.91 Å². The first-order valence-electron chi connectivity index (χ1n) is 6.10. The Morgan fingerprint density at radius 3 is 2.80 bits per heavy atom. The number of nitrogens with zero attached hydrogens (tertiary/aromatic N) is 2. The Balaban J connectivity index is 2.18. The first-order valence-corrected chi connectivity index (χ1v) is 6.48. The van der Waals surface area contributed by atoms with Crippen molar-refractivity contribution in [2.45, 2.75) is 20.0 Å². The Bertz CT molecular complexity index is 632. The number of nitro groups is 1. The van der Waals surface area contributed by atoms with Crippen LogP contribution < -0.4 is 4.74 Å². The van der Waals surface area contributed by atoms with Crippen molar-refractivity contribution in [2.75, 3.05) is 0 Å². The second-order valence-electron chi connectivity index (χ2n) is 4.17. The number of halogens is 1. The zero-order valence-corrected chi connectivity index (χ0v) is 11.6. The summed E-state index contributed by atoms with van der Waals surface area (Å²) in [5.41, 5.74) is 1.47. The molecule has 0 bridgehead atoms. The lowest BCUT2D eigenvalue weighted by molar-refractivity contribution is -0.386. The summed E-state index contributed by atoms with van der Waals surface area (Å²) in [5, 5.41) is 11.6. The highest BCUT2D eigenvalue weighted by atomic mass is 35.5. The van der Waals surface area contributed by atoms with Crippen molar-refractivity contribution in [1.29, 1.82) is 0 Å². The number of nitro benzene ring substituents is 1. The normalized spacial score (nSPS) is 10.3. The van der Waals surface area contributed by atoms with Gasteiger partial charge in [0.2, 0.25) is 0 Å². The van der Waals surface area contributed by atoms with Gasteiger partial charge in [-0.15, -0.1) is 0 Å². The highest BCUT2D eigenvalue weighted by molar-refractivity contribution is 6.30. The van der Waals surface area contributed by atoms with Gasteiger partial charge in [0, 0.05) is 17.3 Å². The third-order valence-electron chi connectivity index (χ3n) is 2.78. The first kappa shape index (κ1) is 14.3. The molecule has 0 N–H and O–H groups in total. The molecule has 5 nitrogen and oxygen atoms in total. The number of ether oxygens (including phenoxy) is 1. The van der Waals surface area contributed by atoms with Crippen molar-refractivity contribution in [1.82, 2.24) is 4.98 Å². The number of aromatic nitrogens is 1. The molecule has 2 aromatic rings. The molecule has 1 aromatic carbocycles. The molecule has 0 fully saturated rings. The van der Waals surface area contributed by atoms with Gasteiger partial charge in [-0.1, -0.05) is 24.6 Å². The van der Waals surface area contributed by atoms with E-state index in [1.807, 2.05) is 13.0 Å². The Morgan fingerprint density at radius 2 is 2.15 bits per heavy atom. The van der Waals surface area contributed by atoms with E-state index < -0.39 is 4.92 Å². The molecular weight excluding hydrogens is 280 g/mol. The molecular formula is C14H13ClN2O3. The van der Waals surface area contributed by atoms with Crippen LogP contribution in [0, 0.1) is 10.1 Å². The van der Waals surface area contributed by atoms with Gasteiger partial charge in [0.25, 0.3) is 0 Å². The van der Waals surface area contributed by atoms with E-state index in [-0.39, 0.29) is 18.0 Å². The summed E-state index contributed by atoms with van der Waals surface area (Å²) < 4.78 is 5.48. The van der Waals surface area contributed by atoms with Crippen molar-refractivity contribution in [3.63, 3.8) is 0 Å². The summed E-state index contributed by atoms with van der Waals surface area (Å²) in [6.45, 7) is 2.07. The summed E-state index contributed by atoms with van der Waals surface area (Å²) >= 11 is 5.84. The average molecular weight is 293 g/mol. The van der Waals surface area contributed by atoms with Crippen LogP contribution in [0.5, 0.6) is 5.75 Å². The molecule has 0 aliphatic carbocycles. The number of rotatable bonds is 5. The Morgan fingerprint density at radius 1 is 1.35 bits per heavy atom. The molecule has 0 saturated heterocycles. The molecule has 1 heterocycles. The van der Waals surface area contributed by atoms with Crippen LogP contribution >= 0.6 is 11.6 Å². The van der Waals surface area contributed by atoms with Crippen LogP contribution in [0.3, 0.4) is 0 Å². The van der Waals surface area contributed by atoms with Gasteiger partial charge in [0.15, 0.2) is 5.75 Å². The van der Waals surface area contributed by atoms with E-state index in [9.17, 15) is 10.1 Å². The van der Waals surface area contributed by atoms with E-state index in [0.717, 1.165) is 12.0 Å². The minimum absolute atomic E-state index is 0.0358. The monoisotopic (exact) mass is 292 g/mol. The summed E-state index contributed by atoms with van der Waals surface area (Å²) in [4.78, 5) is 14.7. The van der Waals surface area contributed by atoms with Crippen LogP contribution in [0.15, 0.2) is 36.5 Å². The van der Waals surface area contributed by atoms with Gasteiger partial charge < -0.3 is 4.74 Å². The van der Waals surface area contributed by atoms with Crippen molar-refractivity contribution >= 4 is 17.3 Å². The Hall–Kier alpha value is -2.14. The summed E-state index contributed by atoms with van der Waals surface area (Å²) in [6, 6.07) is 8.27. The van der Waals surface area contributed by atoms with Crippen LogP contribution in [0.1, 0.15) is 18.2 Å². The summed E-state index contributed by atoms with van der Waals surface area (Å²) in [5.74, 6) is 0.231. The fourth-order valence-electron chi connectivity index (χ4n) is 1.73. The Labute approximate surface area is 121 Å². The topological polar surface area (TPSA) is 65.3 Å². The lowest BCUT2D eigenvalue weighted by atomic mass is 10.1. The SMILES string of the molecule is CCc1ccc(OCc2cc(Cl)ccn2)c([N+](=O)[O-])c1. The maximum absolute atomic E-state index is 11.0. The maximum Gasteiger partial charge on any atom is 0.311 e. The standard InChI is InChI=1S/C14H13ClN2O3/c1-2-10-3-4-14(13(7-10)17(18)19)20-9-12-8-11(15)5-6-16-12/h3-8H,2,9H2,1H3. The van der Waals surface area contributed by atoms with Gasteiger partial charge in [-0.25, -0.2) is 0 Å². The minimum Gasteiger partial charge on any atom is -0.480 e. The third-order valence-corrected chi connectivity index (χ3v) is 3.02. The molecule has 0 saturated carbocycles. The Kier molecular flexibility index (Phi) is 4.53. The molecule has 2 rings (SSSR count). The molecule has 6 heteroatoms. The molecule has 0 aliphatic heterocycles. The summed E-state index contributed by atoms with van der Waals surface area (Å²) in [6.07, 6.45) is 2.30. The quantitative estimate of drug-likeness (QED) is 0.621. The fraction of sp³-hybridized carbons (Fsp3) is 0.214. The minimum atomic E-state index is -0.445. The van der Waals surface area contributed by atoms with Crippen LogP contribution in [-0.2, 0) is 13.0 Å². The number of benzene rings is 1. The first-order chi connectivity index (χ1) is 9.60. The van der Waals surface area contributed by atoms with E-state index >= 15 is 0 Å². The van der Waals surface area contributed by atoms with E-state index in [1.165, 1.54) is 6.07 Å². The molecule has 0 amide bonds. The van der Waals surface area contributed by atoms with Crippen LogP contribution in [0.2, 0.25) is 5.02 Å². The maximum atomic E-state index is 11.0. The molecule has 0 spiro atoms. The molecule has 104 valence electrons. The molecule has 1 aromatic heterocycles. The van der Waals surface area contributed by atoms with Gasteiger partial charge in [-0.2, -0.15) is 0 Å². The number of hydrogen-bond donors (Lipinski definition) is 0. The predicted octanol–water partition coefficient (Wildman–Crippen LogP) is 3.78. The predicted molar refractivity (Wildman–Crippen MR) is 76.1 cm³/mol.